The normalized spacial score (nSPS) is 13.0. The van der Waals surface area contributed by atoms with Gasteiger partial charge in [-0.25, -0.2) is 15.0 Å². The predicted molar refractivity (Wildman–Crippen MR) is 312 cm³/mol. The van der Waals surface area contributed by atoms with E-state index in [-0.39, 0.29) is 10.8 Å². The first kappa shape index (κ1) is 46.0. The van der Waals surface area contributed by atoms with E-state index in [1.807, 2.05) is 0 Å². The van der Waals surface area contributed by atoms with Crippen LogP contribution in [-0.2, 0) is 16.2 Å². The Morgan fingerprint density at radius 1 is 0.240 bits per heavy atom. The fourth-order valence-electron chi connectivity index (χ4n) is 11.7. The summed E-state index contributed by atoms with van der Waals surface area (Å²) in [5.41, 5.74) is 23.8. The average Bonchev–Trinajstić information content (AvgIpc) is 4.10. The highest BCUT2D eigenvalue weighted by Gasteiger charge is 2.52. The number of benzene rings is 10. The number of nitrogens with zero attached hydrogens (tertiary/aromatic N) is 3. The van der Waals surface area contributed by atoms with Gasteiger partial charge in [-0.05, 0) is 153 Å². The lowest BCUT2D eigenvalue weighted by atomic mass is 9.68. The van der Waals surface area contributed by atoms with Gasteiger partial charge in [0.2, 0.25) is 0 Å². The molecule has 0 radical (unpaired) electrons. The Morgan fingerprint density at radius 3 is 0.933 bits per heavy atom. The Bertz CT molecular complexity index is 3670. The fourth-order valence-corrected chi connectivity index (χ4v) is 11.7. The van der Waals surface area contributed by atoms with Crippen molar-refractivity contribution < 1.29 is 0 Å². The van der Waals surface area contributed by atoms with Crippen LogP contribution in [0, 0.1) is 0 Å². The van der Waals surface area contributed by atoms with Crippen molar-refractivity contribution in [3.63, 3.8) is 0 Å². The summed E-state index contributed by atoms with van der Waals surface area (Å²) in [7, 11) is 0. The van der Waals surface area contributed by atoms with Crippen molar-refractivity contribution in [2.75, 3.05) is 0 Å². The maximum absolute atomic E-state index is 5.58. The molecule has 0 bridgehead atoms. The highest BCUT2D eigenvalue weighted by molar-refractivity contribution is 5.96. The van der Waals surface area contributed by atoms with Crippen molar-refractivity contribution in [2.24, 2.45) is 0 Å². The summed E-state index contributed by atoms with van der Waals surface area (Å²) < 4.78 is 0. The summed E-state index contributed by atoms with van der Waals surface area (Å²) in [4.78, 5) is 16.7. The molecule has 2 aliphatic rings. The van der Waals surface area contributed by atoms with Gasteiger partial charge in [0.05, 0.1) is 5.41 Å². The molecule has 1 heterocycles. The number of hydrogen-bond acceptors (Lipinski definition) is 3. The molecule has 0 atom stereocenters. The Kier molecular flexibility index (Phi) is 10.9. The third-order valence-electron chi connectivity index (χ3n) is 15.6. The molecule has 0 unspecified atom stereocenters. The first-order valence-corrected chi connectivity index (χ1v) is 26.2. The molecule has 1 aromatic heterocycles. The Morgan fingerprint density at radius 2 is 0.547 bits per heavy atom. The van der Waals surface area contributed by atoms with Gasteiger partial charge in [0.25, 0.3) is 0 Å². The van der Waals surface area contributed by atoms with Crippen molar-refractivity contribution in [1.82, 2.24) is 15.0 Å². The summed E-state index contributed by atoms with van der Waals surface area (Å²) in [6, 6.07) is 86.5. The molecule has 1 spiro atoms. The van der Waals surface area contributed by atoms with Crippen LogP contribution < -0.4 is 0 Å². The van der Waals surface area contributed by atoms with Gasteiger partial charge in [0, 0.05) is 16.7 Å². The molecule has 360 valence electrons. The second kappa shape index (κ2) is 17.7. The Hall–Kier alpha value is -8.79. The highest BCUT2D eigenvalue weighted by Crippen LogP contribution is 2.64. The van der Waals surface area contributed by atoms with Crippen molar-refractivity contribution in [1.29, 1.82) is 0 Å². The third-order valence-corrected chi connectivity index (χ3v) is 15.6. The molecule has 0 N–H and O–H groups in total. The Balaban J connectivity index is 1.09. The summed E-state index contributed by atoms with van der Waals surface area (Å²) in [5, 5.41) is 0. The smallest absolute Gasteiger partial charge is 0.164 e. The van der Waals surface area contributed by atoms with Crippen LogP contribution in [0.25, 0.3) is 101 Å². The lowest BCUT2D eigenvalue weighted by Crippen LogP contribution is -2.27. The van der Waals surface area contributed by atoms with E-state index in [2.05, 4.69) is 278 Å². The van der Waals surface area contributed by atoms with Crippen molar-refractivity contribution >= 4 is 0 Å². The molecular formula is C72H57N3. The number of aromatic nitrogens is 3. The van der Waals surface area contributed by atoms with Gasteiger partial charge < -0.3 is 0 Å². The van der Waals surface area contributed by atoms with Crippen molar-refractivity contribution in [3.05, 3.63) is 270 Å². The number of hydrogen-bond donors (Lipinski definition) is 0. The van der Waals surface area contributed by atoms with Gasteiger partial charge in [-0.1, -0.05) is 236 Å². The zero-order valence-corrected chi connectivity index (χ0v) is 43.4. The summed E-state index contributed by atoms with van der Waals surface area (Å²) in [5.74, 6) is 1.83. The van der Waals surface area contributed by atoms with E-state index in [0.29, 0.717) is 17.5 Å². The molecule has 3 heteroatoms. The second-order valence-electron chi connectivity index (χ2n) is 22.4. The zero-order chi connectivity index (χ0) is 51.1. The molecule has 0 aliphatic heterocycles. The van der Waals surface area contributed by atoms with Gasteiger partial charge in [-0.2, -0.15) is 0 Å². The lowest BCUT2D eigenvalue weighted by molar-refractivity contribution is 0.586. The van der Waals surface area contributed by atoms with Gasteiger partial charge in [-0.15, -0.1) is 0 Å². The number of rotatable bonds is 7. The molecule has 2 aliphatic carbocycles. The third kappa shape index (κ3) is 7.93. The van der Waals surface area contributed by atoms with E-state index in [4.69, 9.17) is 15.0 Å². The molecule has 11 aromatic rings. The fraction of sp³-hybridized carbons (Fsp3) is 0.125. The second-order valence-corrected chi connectivity index (χ2v) is 22.4. The molecule has 13 rings (SSSR count). The summed E-state index contributed by atoms with van der Waals surface area (Å²) in [6.45, 7) is 13.9. The Labute approximate surface area is 441 Å². The topological polar surface area (TPSA) is 38.7 Å². The molecule has 0 amide bonds. The van der Waals surface area contributed by atoms with Crippen LogP contribution in [0.5, 0.6) is 0 Å². The zero-order valence-electron chi connectivity index (χ0n) is 43.4. The lowest BCUT2D eigenvalue weighted by Gasteiger charge is -2.33. The minimum atomic E-state index is -0.586. The maximum Gasteiger partial charge on any atom is 0.164 e. The minimum Gasteiger partial charge on any atom is -0.208 e. The molecule has 0 saturated carbocycles. The van der Waals surface area contributed by atoms with E-state index < -0.39 is 5.41 Å². The summed E-state index contributed by atoms with van der Waals surface area (Å²) >= 11 is 0. The maximum atomic E-state index is 5.58. The highest BCUT2D eigenvalue weighted by atomic mass is 15.0. The van der Waals surface area contributed by atoms with Crippen LogP contribution in [0.2, 0.25) is 0 Å². The van der Waals surface area contributed by atoms with Gasteiger partial charge >= 0.3 is 0 Å². The first-order valence-electron chi connectivity index (χ1n) is 26.2. The minimum absolute atomic E-state index is 0.0571. The van der Waals surface area contributed by atoms with E-state index in [9.17, 15) is 0 Å². The van der Waals surface area contributed by atoms with E-state index >= 15 is 0 Å². The molecule has 75 heavy (non-hydrogen) atoms. The standard InChI is InChI=1S/C72H57N3/c1-70(2,3)57-32-35-61-62-36-33-58(71(4,5)6)45-66(62)72(65(61)44-57)63-30-20-19-29-59(63)60-34-31-50(43-64(60)72)67-73-68(55-39-51(46-21-11-7-12-22-46)37-52(40-55)47-23-13-8-14-24-47)75-69(74-67)56-41-53(48-25-15-9-16-26-48)38-54(42-56)49-27-17-10-18-28-49/h7-45H,1-6H3. The van der Waals surface area contributed by atoms with Gasteiger partial charge in [-0.3, -0.25) is 0 Å². The van der Waals surface area contributed by atoms with Crippen LogP contribution in [0.15, 0.2) is 237 Å². The molecule has 3 nitrogen and oxygen atoms in total. The first-order chi connectivity index (χ1) is 36.4. The monoisotopic (exact) mass is 963 g/mol. The van der Waals surface area contributed by atoms with Crippen LogP contribution in [0.4, 0.5) is 0 Å². The SMILES string of the molecule is CC(C)(C)c1ccc2c(c1)C1(c3ccccc3-c3ccc(-c4nc(-c5cc(-c6ccccc6)cc(-c6ccccc6)c5)nc(-c5cc(-c6ccccc6)cc(-c6ccccc6)c5)n4)cc31)c1cc(C(C)(C)C)ccc1-2. The quantitative estimate of drug-likeness (QED) is 0.160. The van der Waals surface area contributed by atoms with Crippen LogP contribution in [0.3, 0.4) is 0 Å². The van der Waals surface area contributed by atoms with Crippen LogP contribution in [0.1, 0.15) is 74.9 Å². The average molecular weight is 964 g/mol. The molecule has 10 aromatic carbocycles. The van der Waals surface area contributed by atoms with E-state index in [1.165, 1.54) is 55.6 Å². The summed E-state index contributed by atoms with van der Waals surface area (Å²) in [6.07, 6.45) is 0. The van der Waals surface area contributed by atoms with Crippen LogP contribution >= 0.6 is 0 Å². The predicted octanol–water partition coefficient (Wildman–Crippen LogP) is 18.5. The van der Waals surface area contributed by atoms with Crippen LogP contribution in [-0.4, -0.2) is 15.0 Å². The van der Waals surface area contributed by atoms with E-state index in [1.54, 1.807) is 0 Å². The van der Waals surface area contributed by atoms with E-state index in [0.717, 1.165) is 61.2 Å². The largest absolute Gasteiger partial charge is 0.208 e. The molecule has 0 saturated heterocycles. The number of fused-ring (bicyclic) bond motifs is 10. The van der Waals surface area contributed by atoms with Crippen molar-refractivity contribution in [3.8, 4) is 101 Å². The van der Waals surface area contributed by atoms with Gasteiger partial charge in [0.15, 0.2) is 17.5 Å². The molecular weight excluding hydrogens is 907 g/mol. The van der Waals surface area contributed by atoms with Crippen molar-refractivity contribution in [2.45, 2.75) is 57.8 Å². The molecule has 0 fully saturated rings. The van der Waals surface area contributed by atoms with Gasteiger partial charge in [0.1, 0.15) is 0 Å².